The standard InChI is InChI=1S/C11H18N4O/c1-8-6-9(14-15(8)5)10(16)13-12-7-11(2,3)4/h6-7H,1-5H3,(H,13,16)/b12-7+. The van der Waals surface area contributed by atoms with E-state index in [0.717, 1.165) is 5.69 Å². The number of aryl methyl sites for hydroxylation is 2. The second kappa shape index (κ2) is 4.47. The summed E-state index contributed by atoms with van der Waals surface area (Å²) in [5.74, 6) is -0.288. The number of rotatable bonds is 2. The van der Waals surface area contributed by atoms with Gasteiger partial charge in [-0.1, -0.05) is 20.8 Å². The van der Waals surface area contributed by atoms with Gasteiger partial charge in [-0.3, -0.25) is 9.48 Å². The first kappa shape index (κ1) is 12.4. The van der Waals surface area contributed by atoms with E-state index in [9.17, 15) is 4.79 Å². The Bertz CT molecular complexity index is 393. The summed E-state index contributed by atoms with van der Waals surface area (Å²) in [4.78, 5) is 11.6. The SMILES string of the molecule is Cc1cc(C(=O)N/N=C/C(C)(C)C)nn1C. The first-order valence-electron chi connectivity index (χ1n) is 5.15. The minimum Gasteiger partial charge on any atom is -0.272 e. The number of aromatic nitrogens is 2. The maximum absolute atomic E-state index is 11.6. The Morgan fingerprint density at radius 3 is 2.62 bits per heavy atom. The quantitative estimate of drug-likeness (QED) is 0.608. The maximum atomic E-state index is 11.6. The van der Waals surface area contributed by atoms with Crippen LogP contribution in [-0.4, -0.2) is 21.9 Å². The number of hydrazone groups is 1. The van der Waals surface area contributed by atoms with Crippen molar-refractivity contribution >= 4 is 12.1 Å². The lowest BCUT2D eigenvalue weighted by Crippen LogP contribution is -2.20. The zero-order valence-electron chi connectivity index (χ0n) is 10.4. The van der Waals surface area contributed by atoms with Crippen LogP contribution in [0.5, 0.6) is 0 Å². The lowest BCUT2D eigenvalue weighted by Gasteiger charge is -2.09. The van der Waals surface area contributed by atoms with E-state index in [1.165, 1.54) is 0 Å². The van der Waals surface area contributed by atoms with Crippen molar-refractivity contribution in [1.29, 1.82) is 0 Å². The lowest BCUT2D eigenvalue weighted by atomic mass is 9.99. The van der Waals surface area contributed by atoms with Crippen molar-refractivity contribution in [3.63, 3.8) is 0 Å². The molecular formula is C11H18N4O. The highest BCUT2D eigenvalue weighted by atomic mass is 16.2. The molecule has 0 spiro atoms. The first-order valence-corrected chi connectivity index (χ1v) is 5.15. The summed E-state index contributed by atoms with van der Waals surface area (Å²) < 4.78 is 1.66. The lowest BCUT2D eigenvalue weighted by molar-refractivity contribution is 0.0949. The molecule has 5 nitrogen and oxygen atoms in total. The van der Waals surface area contributed by atoms with Gasteiger partial charge in [-0.15, -0.1) is 0 Å². The highest BCUT2D eigenvalue weighted by Crippen LogP contribution is 2.07. The number of nitrogens with one attached hydrogen (secondary N) is 1. The Hall–Kier alpha value is -1.65. The van der Waals surface area contributed by atoms with Gasteiger partial charge in [-0.25, -0.2) is 5.43 Å². The zero-order valence-corrected chi connectivity index (χ0v) is 10.4. The van der Waals surface area contributed by atoms with Crippen LogP contribution in [0.3, 0.4) is 0 Å². The molecule has 1 amide bonds. The summed E-state index contributed by atoms with van der Waals surface area (Å²) in [5, 5.41) is 7.94. The van der Waals surface area contributed by atoms with Gasteiger partial charge in [0.15, 0.2) is 5.69 Å². The van der Waals surface area contributed by atoms with Crippen LogP contribution in [-0.2, 0) is 7.05 Å². The molecule has 0 atom stereocenters. The normalized spacial score (nSPS) is 12.1. The number of nitrogens with zero attached hydrogens (tertiary/aromatic N) is 3. The number of hydrogen-bond donors (Lipinski definition) is 1. The molecule has 0 saturated heterocycles. The first-order chi connectivity index (χ1) is 7.29. The largest absolute Gasteiger partial charge is 0.291 e. The summed E-state index contributed by atoms with van der Waals surface area (Å²) in [7, 11) is 1.80. The zero-order chi connectivity index (χ0) is 12.3. The van der Waals surface area contributed by atoms with Crippen LogP contribution < -0.4 is 5.43 Å². The molecule has 1 aromatic rings. The van der Waals surface area contributed by atoms with E-state index in [4.69, 9.17) is 0 Å². The molecule has 0 saturated carbocycles. The van der Waals surface area contributed by atoms with Crippen LogP contribution >= 0.6 is 0 Å². The van der Waals surface area contributed by atoms with E-state index in [0.29, 0.717) is 5.69 Å². The van der Waals surface area contributed by atoms with Gasteiger partial charge in [0, 0.05) is 19.0 Å². The molecule has 0 aliphatic rings. The summed E-state index contributed by atoms with van der Waals surface area (Å²) in [6.45, 7) is 7.91. The average Bonchev–Trinajstić information content (AvgIpc) is 2.45. The Morgan fingerprint density at radius 1 is 1.56 bits per heavy atom. The summed E-state index contributed by atoms with van der Waals surface area (Å²) in [6, 6.07) is 1.72. The van der Waals surface area contributed by atoms with Crippen molar-refractivity contribution in [2.24, 2.45) is 17.6 Å². The third-order valence-corrected chi connectivity index (χ3v) is 1.96. The topological polar surface area (TPSA) is 59.3 Å². The molecule has 5 heteroatoms. The van der Waals surface area contributed by atoms with E-state index in [2.05, 4.69) is 15.6 Å². The van der Waals surface area contributed by atoms with Crippen molar-refractivity contribution in [2.45, 2.75) is 27.7 Å². The molecule has 1 N–H and O–H groups in total. The fourth-order valence-electron chi connectivity index (χ4n) is 1.01. The van der Waals surface area contributed by atoms with Crippen LogP contribution in [0.1, 0.15) is 37.0 Å². The molecule has 0 fully saturated rings. The molecule has 1 aromatic heterocycles. The summed E-state index contributed by atoms with van der Waals surface area (Å²) in [6.07, 6.45) is 1.70. The molecule has 0 bridgehead atoms. The number of carbonyl (C=O) groups is 1. The van der Waals surface area contributed by atoms with Crippen LogP contribution in [0.2, 0.25) is 0 Å². The molecule has 0 aliphatic heterocycles. The van der Waals surface area contributed by atoms with Crippen molar-refractivity contribution in [3.8, 4) is 0 Å². The molecule has 0 aromatic carbocycles. The van der Waals surface area contributed by atoms with Crippen molar-refractivity contribution < 1.29 is 4.79 Å². The second-order valence-corrected chi connectivity index (χ2v) is 4.86. The molecule has 16 heavy (non-hydrogen) atoms. The third-order valence-electron chi connectivity index (χ3n) is 1.96. The predicted molar refractivity (Wildman–Crippen MR) is 63.4 cm³/mol. The Morgan fingerprint density at radius 2 is 2.19 bits per heavy atom. The van der Waals surface area contributed by atoms with Crippen LogP contribution in [0.25, 0.3) is 0 Å². The van der Waals surface area contributed by atoms with Gasteiger partial charge in [-0.2, -0.15) is 10.2 Å². The summed E-state index contributed by atoms with van der Waals surface area (Å²) in [5.41, 5.74) is 3.72. The van der Waals surface area contributed by atoms with Gasteiger partial charge in [0.25, 0.3) is 5.91 Å². The predicted octanol–water partition coefficient (Wildman–Crippen LogP) is 1.49. The summed E-state index contributed by atoms with van der Waals surface area (Å²) >= 11 is 0. The van der Waals surface area contributed by atoms with Crippen LogP contribution in [0.4, 0.5) is 0 Å². The Balaban J connectivity index is 2.63. The van der Waals surface area contributed by atoms with Gasteiger partial charge in [0.1, 0.15) is 0 Å². The van der Waals surface area contributed by atoms with Crippen LogP contribution in [0.15, 0.2) is 11.2 Å². The van der Waals surface area contributed by atoms with Gasteiger partial charge >= 0.3 is 0 Å². The molecule has 0 aliphatic carbocycles. The van der Waals surface area contributed by atoms with E-state index < -0.39 is 0 Å². The molecular weight excluding hydrogens is 204 g/mol. The van der Waals surface area contributed by atoms with Gasteiger partial charge < -0.3 is 0 Å². The highest BCUT2D eigenvalue weighted by Gasteiger charge is 2.10. The van der Waals surface area contributed by atoms with Crippen molar-refractivity contribution in [1.82, 2.24) is 15.2 Å². The van der Waals surface area contributed by atoms with Crippen LogP contribution in [0, 0.1) is 12.3 Å². The second-order valence-electron chi connectivity index (χ2n) is 4.86. The molecule has 0 radical (unpaired) electrons. The smallest absolute Gasteiger partial charge is 0.272 e. The number of hydrogen-bond acceptors (Lipinski definition) is 3. The van der Waals surface area contributed by atoms with E-state index in [1.54, 1.807) is 24.0 Å². The van der Waals surface area contributed by atoms with Crippen molar-refractivity contribution in [3.05, 3.63) is 17.5 Å². The highest BCUT2D eigenvalue weighted by molar-refractivity contribution is 5.92. The molecule has 0 unspecified atom stereocenters. The molecule has 1 heterocycles. The number of carbonyl (C=O) groups excluding carboxylic acids is 1. The fraction of sp³-hybridized carbons (Fsp3) is 0.545. The molecule has 88 valence electrons. The molecule has 1 rings (SSSR count). The van der Waals surface area contributed by atoms with E-state index in [-0.39, 0.29) is 11.3 Å². The fourth-order valence-corrected chi connectivity index (χ4v) is 1.01. The minimum absolute atomic E-state index is 0.0483. The Labute approximate surface area is 95.5 Å². The Kier molecular flexibility index (Phi) is 3.47. The van der Waals surface area contributed by atoms with E-state index >= 15 is 0 Å². The maximum Gasteiger partial charge on any atom is 0.291 e. The van der Waals surface area contributed by atoms with Crippen molar-refractivity contribution in [2.75, 3.05) is 0 Å². The monoisotopic (exact) mass is 222 g/mol. The third kappa shape index (κ3) is 3.49. The average molecular weight is 222 g/mol. The van der Waals surface area contributed by atoms with E-state index in [1.807, 2.05) is 27.7 Å². The van der Waals surface area contributed by atoms with Gasteiger partial charge in [0.05, 0.1) is 0 Å². The number of amides is 1. The minimum atomic E-state index is -0.288. The van der Waals surface area contributed by atoms with Gasteiger partial charge in [-0.05, 0) is 18.4 Å². The van der Waals surface area contributed by atoms with Gasteiger partial charge in [0.2, 0.25) is 0 Å².